The van der Waals surface area contributed by atoms with Gasteiger partial charge in [0.05, 0.1) is 31.2 Å². The van der Waals surface area contributed by atoms with Crippen molar-refractivity contribution in [3.63, 3.8) is 0 Å². The van der Waals surface area contributed by atoms with Gasteiger partial charge in [-0.25, -0.2) is 0 Å². The van der Waals surface area contributed by atoms with Gasteiger partial charge in [-0.2, -0.15) is 0 Å². The Labute approximate surface area is 142 Å². The molecule has 0 aromatic heterocycles. The molecular formula is C14H10Cl5N. The van der Waals surface area contributed by atoms with Gasteiger partial charge in [0.1, 0.15) is 0 Å². The molecule has 2 aromatic carbocycles. The van der Waals surface area contributed by atoms with E-state index in [9.17, 15) is 0 Å². The van der Waals surface area contributed by atoms with Crippen molar-refractivity contribution in [1.82, 2.24) is 0 Å². The van der Waals surface area contributed by atoms with Gasteiger partial charge < -0.3 is 5.32 Å². The quantitative estimate of drug-likeness (QED) is 0.568. The summed E-state index contributed by atoms with van der Waals surface area (Å²) in [6.07, 6.45) is 0. The second-order valence-electron chi connectivity index (χ2n) is 4.26. The Morgan fingerprint density at radius 3 is 2.10 bits per heavy atom. The first-order valence-electron chi connectivity index (χ1n) is 5.75. The number of benzene rings is 2. The first-order chi connectivity index (χ1) is 9.40. The van der Waals surface area contributed by atoms with Gasteiger partial charge >= 0.3 is 0 Å². The lowest BCUT2D eigenvalue weighted by Crippen LogP contribution is -2.07. The normalized spacial score (nSPS) is 12.3. The molecule has 0 amide bonds. The Balaban J connectivity index is 2.26. The number of halogens is 5. The predicted molar refractivity (Wildman–Crippen MR) is 90.0 cm³/mol. The van der Waals surface area contributed by atoms with E-state index >= 15 is 0 Å². The smallest absolute Gasteiger partial charge is 0.0782 e. The summed E-state index contributed by atoms with van der Waals surface area (Å²) in [6.45, 7) is 1.97. The van der Waals surface area contributed by atoms with E-state index in [-0.39, 0.29) is 6.04 Å². The number of hydrogen-bond donors (Lipinski definition) is 1. The molecule has 0 aliphatic rings. The highest BCUT2D eigenvalue weighted by Gasteiger charge is 2.14. The van der Waals surface area contributed by atoms with E-state index in [1.807, 2.05) is 19.1 Å². The molecule has 1 unspecified atom stereocenters. The third-order valence-electron chi connectivity index (χ3n) is 2.83. The zero-order valence-corrected chi connectivity index (χ0v) is 14.1. The highest BCUT2D eigenvalue weighted by atomic mass is 35.5. The molecule has 0 saturated carbocycles. The first kappa shape index (κ1) is 16.1. The first-order valence-corrected chi connectivity index (χ1v) is 7.64. The van der Waals surface area contributed by atoms with Crippen molar-refractivity contribution in [1.29, 1.82) is 0 Å². The Morgan fingerprint density at radius 2 is 1.45 bits per heavy atom. The molecule has 0 fully saturated rings. The average Bonchev–Trinajstić information content (AvgIpc) is 2.40. The summed E-state index contributed by atoms with van der Waals surface area (Å²) in [5, 5.41) is 5.52. The van der Waals surface area contributed by atoms with Crippen LogP contribution in [0.3, 0.4) is 0 Å². The SMILES string of the molecule is CC(Nc1ccc(Cl)c(Cl)c1)c1ccc(Cl)c(Cl)c1Cl. The van der Waals surface area contributed by atoms with E-state index in [0.29, 0.717) is 25.1 Å². The standard InChI is InChI=1S/C14H10Cl5N/c1-7(9-3-5-11(16)14(19)13(9)18)20-8-2-4-10(15)12(17)6-8/h2-7,20H,1H3. The van der Waals surface area contributed by atoms with Crippen molar-refractivity contribution in [2.75, 3.05) is 5.32 Å². The van der Waals surface area contributed by atoms with Crippen LogP contribution >= 0.6 is 58.0 Å². The lowest BCUT2D eigenvalue weighted by Gasteiger charge is -2.18. The second kappa shape index (κ2) is 6.64. The lowest BCUT2D eigenvalue weighted by atomic mass is 10.1. The molecule has 0 bridgehead atoms. The molecule has 1 atom stereocenters. The van der Waals surface area contributed by atoms with Gasteiger partial charge in [-0.15, -0.1) is 0 Å². The summed E-state index contributed by atoms with van der Waals surface area (Å²) < 4.78 is 0. The van der Waals surface area contributed by atoms with Gasteiger partial charge in [-0.3, -0.25) is 0 Å². The van der Waals surface area contributed by atoms with E-state index in [2.05, 4.69) is 5.32 Å². The van der Waals surface area contributed by atoms with Crippen molar-refractivity contribution >= 4 is 63.7 Å². The minimum Gasteiger partial charge on any atom is -0.378 e. The second-order valence-corrected chi connectivity index (χ2v) is 6.24. The van der Waals surface area contributed by atoms with E-state index in [0.717, 1.165) is 11.3 Å². The van der Waals surface area contributed by atoms with Gasteiger partial charge in [0.15, 0.2) is 0 Å². The summed E-state index contributed by atoms with van der Waals surface area (Å²) in [6, 6.07) is 8.83. The fourth-order valence-corrected chi connectivity index (χ4v) is 2.79. The molecule has 0 heterocycles. The number of rotatable bonds is 3. The third-order valence-corrected chi connectivity index (χ3v) is 4.88. The largest absolute Gasteiger partial charge is 0.378 e. The lowest BCUT2D eigenvalue weighted by molar-refractivity contribution is 0.885. The highest BCUT2D eigenvalue weighted by molar-refractivity contribution is 6.48. The van der Waals surface area contributed by atoms with Crippen molar-refractivity contribution in [3.8, 4) is 0 Å². The molecule has 6 heteroatoms. The zero-order chi connectivity index (χ0) is 14.9. The summed E-state index contributed by atoms with van der Waals surface area (Å²) in [7, 11) is 0. The monoisotopic (exact) mass is 367 g/mol. The van der Waals surface area contributed by atoms with Crippen LogP contribution in [-0.2, 0) is 0 Å². The number of nitrogens with one attached hydrogen (secondary N) is 1. The number of hydrogen-bond acceptors (Lipinski definition) is 1. The van der Waals surface area contributed by atoms with Crippen LogP contribution < -0.4 is 5.32 Å². The molecule has 20 heavy (non-hydrogen) atoms. The molecule has 0 aliphatic heterocycles. The molecule has 106 valence electrons. The average molecular weight is 370 g/mol. The number of anilines is 1. The Kier molecular flexibility index (Phi) is 5.33. The zero-order valence-electron chi connectivity index (χ0n) is 10.4. The molecular weight excluding hydrogens is 359 g/mol. The minimum atomic E-state index is -0.0606. The maximum Gasteiger partial charge on any atom is 0.0782 e. The molecule has 1 nitrogen and oxygen atoms in total. The van der Waals surface area contributed by atoms with E-state index in [1.165, 1.54) is 0 Å². The predicted octanol–water partition coefficient (Wildman–Crippen LogP) is 7.13. The third kappa shape index (κ3) is 3.47. The van der Waals surface area contributed by atoms with Gasteiger partial charge in [-0.1, -0.05) is 64.1 Å². The Hall–Kier alpha value is -0.310. The Bertz CT molecular complexity index is 642. The molecule has 1 N–H and O–H groups in total. The highest BCUT2D eigenvalue weighted by Crippen LogP contribution is 2.36. The van der Waals surface area contributed by atoms with Crippen molar-refractivity contribution in [2.24, 2.45) is 0 Å². The van der Waals surface area contributed by atoms with Gasteiger partial charge in [-0.05, 0) is 36.8 Å². The van der Waals surface area contributed by atoms with Crippen LogP contribution in [-0.4, -0.2) is 0 Å². The Morgan fingerprint density at radius 1 is 0.800 bits per heavy atom. The van der Waals surface area contributed by atoms with E-state index in [1.54, 1.807) is 18.2 Å². The summed E-state index contributed by atoms with van der Waals surface area (Å²) in [5.41, 5.74) is 1.70. The van der Waals surface area contributed by atoms with Crippen LogP contribution in [0.1, 0.15) is 18.5 Å². The van der Waals surface area contributed by atoms with Crippen LogP contribution in [0.15, 0.2) is 30.3 Å². The maximum absolute atomic E-state index is 6.21. The van der Waals surface area contributed by atoms with Crippen LogP contribution in [0.4, 0.5) is 5.69 Å². The van der Waals surface area contributed by atoms with E-state index in [4.69, 9.17) is 58.0 Å². The van der Waals surface area contributed by atoms with Gasteiger partial charge in [0, 0.05) is 5.69 Å². The summed E-state index contributed by atoms with van der Waals surface area (Å²) >= 11 is 30.0. The molecule has 2 aromatic rings. The summed E-state index contributed by atoms with van der Waals surface area (Å²) in [5.74, 6) is 0. The maximum atomic E-state index is 6.21. The van der Waals surface area contributed by atoms with Crippen LogP contribution in [0, 0.1) is 0 Å². The summed E-state index contributed by atoms with van der Waals surface area (Å²) in [4.78, 5) is 0. The molecule has 0 radical (unpaired) electrons. The van der Waals surface area contributed by atoms with Crippen LogP contribution in [0.2, 0.25) is 25.1 Å². The topological polar surface area (TPSA) is 12.0 Å². The van der Waals surface area contributed by atoms with Crippen molar-refractivity contribution in [2.45, 2.75) is 13.0 Å². The molecule has 0 aliphatic carbocycles. The van der Waals surface area contributed by atoms with Crippen molar-refractivity contribution < 1.29 is 0 Å². The van der Waals surface area contributed by atoms with Crippen LogP contribution in [0.5, 0.6) is 0 Å². The van der Waals surface area contributed by atoms with Gasteiger partial charge in [0.2, 0.25) is 0 Å². The van der Waals surface area contributed by atoms with Crippen LogP contribution in [0.25, 0.3) is 0 Å². The molecule has 0 saturated heterocycles. The van der Waals surface area contributed by atoms with Crippen molar-refractivity contribution in [3.05, 3.63) is 61.0 Å². The minimum absolute atomic E-state index is 0.0606. The van der Waals surface area contributed by atoms with E-state index < -0.39 is 0 Å². The molecule has 0 spiro atoms. The fraction of sp³-hybridized carbons (Fsp3) is 0.143. The van der Waals surface area contributed by atoms with Gasteiger partial charge in [0.25, 0.3) is 0 Å². The molecule has 2 rings (SSSR count). The fourth-order valence-electron chi connectivity index (χ4n) is 1.79.